The van der Waals surface area contributed by atoms with Crippen LogP contribution in [0.3, 0.4) is 0 Å². The molecule has 104 valence electrons. The molecule has 21 heavy (non-hydrogen) atoms. The number of pyridine rings is 1. The summed E-state index contributed by atoms with van der Waals surface area (Å²) in [6.07, 6.45) is 3.73. The SMILES string of the molecule is O=C(Cc1cccnc1)Nc1ccc2cc(Br)ccc2c1. The maximum Gasteiger partial charge on any atom is 0.228 e. The van der Waals surface area contributed by atoms with Crippen molar-refractivity contribution in [3.8, 4) is 0 Å². The molecule has 3 rings (SSSR count). The van der Waals surface area contributed by atoms with E-state index in [0.29, 0.717) is 6.42 Å². The highest BCUT2D eigenvalue weighted by Gasteiger charge is 2.05. The molecule has 3 nitrogen and oxygen atoms in total. The minimum atomic E-state index is -0.0422. The molecule has 1 N–H and O–H groups in total. The summed E-state index contributed by atoms with van der Waals surface area (Å²) in [4.78, 5) is 16.0. The molecule has 1 heterocycles. The van der Waals surface area contributed by atoms with Crippen molar-refractivity contribution in [1.82, 2.24) is 4.98 Å². The monoisotopic (exact) mass is 340 g/mol. The van der Waals surface area contributed by atoms with Crippen LogP contribution < -0.4 is 5.32 Å². The average Bonchev–Trinajstić information content (AvgIpc) is 2.48. The highest BCUT2D eigenvalue weighted by Crippen LogP contribution is 2.23. The number of carbonyl (C=O) groups excluding carboxylic acids is 1. The summed E-state index contributed by atoms with van der Waals surface area (Å²) < 4.78 is 1.04. The Morgan fingerprint density at radius 3 is 2.71 bits per heavy atom. The van der Waals surface area contributed by atoms with Gasteiger partial charge in [-0.25, -0.2) is 0 Å². The Balaban J connectivity index is 1.75. The van der Waals surface area contributed by atoms with Crippen LogP contribution in [0.4, 0.5) is 5.69 Å². The lowest BCUT2D eigenvalue weighted by Crippen LogP contribution is -2.14. The number of hydrogen-bond acceptors (Lipinski definition) is 2. The molecule has 0 aliphatic heterocycles. The maximum absolute atomic E-state index is 12.0. The van der Waals surface area contributed by atoms with E-state index >= 15 is 0 Å². The van der Waals surface area contributed by atoms with E-state index in [1.54, 1.807) is 12.4 Å². The molecule has 0 unspecified atom stereocenters. The number of halogens is 1. The molecule has 0 fully saturated rings. The first kappa shape index (κ1) is 13.8. The van der Waals surface area contributed by atoms with Gasteiger partial charge in [-0.15, -0.1) is 0 Å². The van der Waals surface area contributed by atoms with Gasteiger partial charge in [0.25, 0.3) is 0 Å². The van der Waals surface area contributed by atoms with Gasteiger partial charge < -0.3 is 5.32 Å². The molecule has 2 aromatic carbocycles. The fraction of sp³-hybridized carbons (Fsp3) is 0.0588. The van der Waals surface area contributed by atoms with Crippen molar-refractivity contribution in [2.24, 2.45) is 0 Å². The number of rotatable bonds is 3. The van der Waals surface area contributed by atoms with Crippen molar-refractivity contribution in [1.29, 1.82) is 0 Å². The number of anilines is 1. The van der Waals surface area contributed by atoms with Gasteiger partial charge in [-0.3, -0.25) is 9.78 Å². The molecule has 1 aromatic heterocycles. The molecule has 0 aliphatic rings. The third kappa shape index (κ3) is 3.47. The minimum absolute atomic E-state index is 0.0422. The normalized spacial score (nSPS) is 10.5. The molecule has 0 aliphatic carbocycles. The van der Waals surface area contributed by atoms with E-state index in [0.717, 1.165) is 26.5 Å². The highest BCUT2D eigenvalue weighted by atomic mass is 79.9. The van der Waals surface area contributed by atoms with Gasteiger partial charge in [0.15, 0.2) is 0 Å². The smallest absolute Gasteiger partial charge is 0.228 e. The average molecular weight is 341 g/mol. The fourth-order valence-corrected chi connectivity index (χ4v) is 2.57. The Kier molecular flexibility index (Phi) is 3.97. The number of fused-ring (bicyclic) bond motifs is 1. The third-order valence-electron chi connectivity index (χ3n) is 3.17. The van der Waals surface area contributed by atoms with Gasteiger partial charge in [0, 0.05) is 22.6 Å². The highest BCUT2D eigenvalue weighted by molar-refractivity contribution is 9.10. The summed E-state index contributed by atoms with van der Waals surface area (Å²) in [6, 6.07) is 15.7. The van der Waals surface area contributed by atoms with Crippen molar-refractivity contribution >= 4 is 38.3 Å². The van der Waals surface area contributed by atoms with Crippen LogP contribution in [0.1, 0.15) is 5.56 Å². The zero-order valence-electron chi connectivity index (χ0n) is 11.2. The molecule has 0 bridgehead atoms. The molecule has 4 heteroatoms. The molecule has 0 saturated heterocycles. The van der Waals surface area contributed by atoms with Gasteiger partial charge in [0.1, 0.15) is 0 Å². The minimum Gasteiger partial charge on any atom is -0.326 e. The standard InChI is InChI=1S/C17H13BrN2O/c18-15-5-3-14-10-16(6-4-13(14)9-15)20-17(21)8-12-2-1-7-19-11-12/h1-7,9-11H,8H2,(H,20,21). The van der Waals surface area contributed by atoms with E-state index in [1.807, 2.05) is 42.5 Å². The number of amides is 1. The number of nitrogens with zero attached hydrogens (tertiary/aromatic N) is 1. The van der Waals surface area contributed by atoms with Crippen molar-refractivity contribution in [3.63, 3.8) is 0 Å². The summed E-state index contributed by atoms with van der Waals surface area (Å²) in [5, 5.41) is 5.15. The molecule has 0 atom stereocenters. The first-order valence-electron chi connectivity index (χ1n) is 6.59. The van der Waals surface area contributed by atoms with E-state index in [9.17, 15) is 4.79 Å². The lowest BCUT2D eigenvalue weighted by molar-refractivity contribution is -0.115. The van der Waals surface area contributed by atoms with Crippen molar-refractivity contribution in [2.75, 3.05) is 5.32 Å². The van der Waals surface area contributed by atoms with Gasteiger partial charge in [0.2, 0.25) is 5.91 Å². The van der Waals surface area contributed by atoms with Crippen LogP contribution in [0.15, 0.2) is 65.4 Å². The Hall–Kier alpha value is -2.20. The molecule has 0 spiro atoms. The van der Waals surface area contributed by atoms with Gasteiger partial charge >= 0.3 is 0 Å². The Bertz CT molecular complexity index is 787. The number of aromatic nitrogens is 1. The molecule has 0 saturated carbocycles. The van der Waals surface area contributed by atoms with Crippen molar-refractivity contribution in [2.45, 2.75) is 6.42 Å². The second kappa shape index (κ2) is 6.06. The third-order valence-corrected chi connectivity index (χ3v) is 3.67. The number of carbonyl (C=O) groups is 1. The summed E-state index contributed by atoms with van der Waals surface area (Å²) in [6.45, 7) is 0. The predicted octanol–water partition coefficient (Wildman–Crippen LogP) is 4.18. The van der Waals surface area contributed by atoms with Crippen LogP contribution in [0.25, 0.3) is 10.8 Å². The molecule has 0 radical (unpaired) electrons. The second-order valence-corrected chi connectivity index (χ2v) is 5.71. The van der Waals surface area contributed by atoms with Crippen molar-refractivity contribution in [3.05, 3.63) is 71.0 Å². The first-order valence-corrected chi connectivity index (χ1v) is 7.38. The van der Waals surface area contributed by atoms with Gasteiger partial charge in [-0.1, -0.05) is 34.1 Å². The Labute approximate surface area is 131 Å². The first-order chi connectivity index (χ1) is 10.2. The number of hydrogen-bond donors (Lipinski definition) is 1. The largest absolute Gasteiger partial charge is 0.326 e. The number of nitrogens with one attached hydrogen (secondary N) is 1. The van der Waals surface area contributed by atoms with Crippen LogP contribution in [0.2, 0.25) is 0 Å². The van der Waals surface area contributed by atoms with Gasteiger partial charge in [0.05, 0.1) is 6.42 Å². The molecular weight excluding hydrogens is 328 g/mol. The Morgan fingerprint density at radius 2 is 1.90 bits per heavy atom. The topological polar surface area (TPSA) is 42.0 Å². The van der Waals surface area contributed by atoms with E-state index < -0.39 is 0 Å². The lowest BCUT2D eigenvalue weighted by atomic mass is 10.1. The van der Waals surface area contributed by atoms with Crippen LogP contribution in [-0.2, 0) is 11.2 Å². The predicted molar refractivity (Wildman–Crippen MR) is 88.2 cm³/mol. The van der Waals surface area contributed by atoms with E-state index in [2.05, 4.69) is 32.3 Å². The quantitative estimate of drug-likeness (QED) is 0.777. The summed E-state index contributed by atoms with van der Waals surface area (Å²) in [5.74, 6) is -0.0422. The maximum atomic E-state index is 12.0. The summed E-state index contributed by atoms with van der Waals surface area (Å²) in [7, 11) is 0. The van der Waals surface area contributed by atoms with Crippen LogP contribution >= 0.6 is 15.9 Å². The molecule has 1 amide bonds. The Morgan fingerprint density at radius 1 is 1.10 bits per heavy atom. The van der Waals surface area contributed by atoms with Gasteiger partial charge in [-0.05, 0) is 46.7 Å². The fourth-order valence-electron chi connectivity index (χ4n) is 2.19. The summed E-state index contributed by atoms with van der Waals surface area (Å²) in [5.41, 5.74) is 1.71. The molecular formula is C17H13BrN2O. The van der Waals surface area contributed by atoms with E-state index in [-0.39, 0.29) is 5.91 Å². The van der Waals surface area contributed by atoms with Crippen LogP contribution in [0, 0.1) is 0 Å². The number of benzene rings is 2. The summed E-state index contributed by atoms with van der Waals surface area (Å²) >= 11 is 3.45. The van der Waals surface area contributed by atoms with E-state index in [4.69, 9.17) is 0 Å². The van der Waals surface area contributed by atoms with Crippen molar-refractivity contribution < 1.29 is 4.79 Å². The van der Waals surface area contributed by atoms with Crippen LogP contribution in [0.5, 0.6) is 0 Å². The zero-order chi connectivity index (χ0) is 14.7. The zero-order valence-corrected chi connectivity index (χ0v) is 12.8. The van der Waals surface area contributed by atoms with E-state index in [1.165, 1.54) is 0 Å². The lowest BCUT2D eigenvalue weighted by Gasteiger charge is -2.07. The second-order valence-electron chi connectivity index (χ2n) is 4.79. The van der Waals surface area contributed by atoms with Crippen LogP contribution in [-0.4, -0.2) is 10.9 Å². The van der Waals surface area contributed by atoms with Gasteiger partial charge in [-0.2, -0.15) is 0 Å². The molecule has 3 aromatic rings.